The second-order valence-electron chi connectivity index (χ2n) is 6.17. The van der Waals surface area contributed by atoms with Crippen LogP contribution in [0.5, 0.6) is 0 Å². The summed E-state index contributed by atoms with van der Waals surface area (Å²) in [4.78, 5) is 11.5. The Morgan fingerprint density at radius 3 is 3.00 bits per heavy atom. The van der Waals surface area contributed by atoms with Crippen LogP contribution in [0.3, 0.4) is 0 Å². The van der Waals surface area contributed by atoms with Crippen molar-refractivity contribution in [3.8, 4) is 0 Å². The maximum absolute atomic E-state index is 4.52. The van der Waals surface area contributed by atoms with Crippen LogP contribution in [0.2, 0.25) is 0 Å². The Balaban J connectivity index is 1.31. The number of rotatable bonds is 9. The van der Waals surface area contributed by atoms with Gasteiger partial charge in [0.05, 0.1) is 11.7 Å². The van der Waals surface area contributed by atoms with Crippen LogP contribution < -0.4 is 5.32 Å². The topological polar surface area (TPSA) is 40.5 Å². The first kappa shape index (κ1) is 14.7. The van der Waals surface area contributed by atoms with Crippen molar-refractivity contribution in [2.24, 2.45) is 4.99 Å². The third-order valence-corrected chi connectivity index (χ3v) is 4.15. The zero-order valence-corrected chi connectivity index (χ0v) is 12.8. The van der Waals surface area contributed by atoms with E-state index >= 15 is 0 Å². The molecule has 2 heterocycles. The maximum atomic E-state index is 4.52. The SMILES string of the molecule is C(=N\C1CC1)/c1ccnc(CNCCCCN2CCC2)c1. The summed E-state index contributed by atoms with van der Waals surface area (Å²) in [6.45, 7) is 5.83. The van der Waals surface area contributed by atoms with Crippen molar-refractivity contribution < 1.29 is 0 Å². The molecular weight excluding hydrogens is 260 g/mol. The van der Waals surface area contributed by atoms with Gasteiger partial charge in [0.25, 0.3) is 0 Å². The van der Waals surface area contributed by atoms with E-state index in [9.17, 15) is 0 Å². The molecule has 1 aromatic rings. The molecular formula is C17H26N4. The van der Waals surface area contributed by atoms with Crippen LogP contribution in [0.25, 0.3) is 0 Å². The van der Waals surface area contributed by atoms with Gasteiger partial charge in [-0.25, -0.2) is 0 Å². The predicted molar refractivity (Wildman–Crippen MR) is 86.9 cm³/mol. The average Bonchev–Trinajstić information content (AvgIpc) is 3.27. The van der Waals surface area contributed by atoms with Crippen LogP contribution in [0.1, 0.15) is 43.4 Å². The van der Waals surface area contributed by atoms with Gasteiger partial charge in [0, 0.05) is 19.0 Å². The van der Waals surface area contributed by atoms with Gasteiger partial charge in [0.1, 0.15) is 0 Å². The fourth-order valence-corrected chi connectivity index (χ4v) is 2.50. The molecule has 1 aliphatic heterocycles. The monoisotopic (exact) mass is 286 g/mol. The van der Waals surface area contributed by atoms with Crippen molar-refractivity contribution in [1.29, 1.82) is 0 Å². The van der Waals surface area contributed by atoms with E-state index in [2.05, 4.69) is 26.3 Å². The molecule has 2 fully saturated rings. The van der Waals surface area contributed by atoms with Crippen molar-refractivity contribution in [3.05, 3.63) is 29.6 Å². The molecule has 2 aliphatic rings. The first-order chi connectivity index (χ1) is 10.4. The van der Waals surface area contributed by atoms with Crippen LogP contribution in [-0.4, -0.2) is 48.3 Å². The van der Waals surface area contributed by atoms with E-state index in [0.29, 0.717) is 6.04 Å². The zero-order valence-electron chi connectivity index (χ0n) is 12.8. The summed E-state index contributed by atoms with van der Waals surface area (Å²) in [7, 11) is 0. The van der Waals surface area contributed by atoms with Gasteiger partial charge >= 0.3 is 0 Å². The summed E-state index contributed by atoms with van der Waals surface area (Å²) < 4.78 is 0. The lowest BCUT2D eigenvalue weighted by molar-refractivity contribution is 0.178. The number of likely N-dealkylation sites (tertiary alicyclic amines) is 1. The Kier molecular flexibility index (Phi) is 5.35. The molecule has 1 saturated heterocycles. The summed E-state index contributed by atoms with van der Waals surface area (Å²) in [6, 6.07) is 4.76. The minimum absolute atomic E-state index is 0.589. The molecule has 4 heteroatoms. The van der Waals surface area contributed by atoms with Gasteiger partial charge in [0.15, 0.2) is 0 Å². The largest absolute Gasteiger partial charge is 0.311 e. The number of aliphatic imine (C=N–C) groups is 1. The summed E-state index contributed by atoms with van der Waals surface area (Å²) in [6.07, 6.45) is 10.3. The second-order valence-corrected chi connectivity index (χ2v) is 6.17. The summed E-state index contributed by atoms with van der Waals surface area (Å²) in [5.74, 6) is 0. The number of hydrogen-bond donors (Lipinski definition) is 1. The lowest BCUT2D eigenvalue weighted by Gasteiger charge is -2.30. The molecule has 21 heavy (non-hydrogen) atoms. The van der Waals surface area contributed by atoms with E-state index in [1.165, 1.54) is 57.3 Å². The first-order valence-corrected chi connectivity index (χ1v) is 8.31. The molecule has 1 aliphatic carbocycles. The van der Waals surface area contributed by atoms with Crippen LogP contribution in [0.4, 0.5) is 0 Å². The molecule has 0 spiro atoms. The van der Waals surface area contributed by atoms with Crippen LogP contribution >= 0.6 is 0 Å². The minimum atomic E-state index is 0.589. The Morgan fingerprint density at radius 2 is 2.24 bits per heavy atom. The fraction of sp³-hybridized carbons (Fsp3) is 0.647. The molecule has 114 valence electrons. The standard InChI is InChI=1S/C17H26N4/c1(2-9-21-10-3-11-21)7-18-14-17-12-15(6-8-19-17)13-20-16-4-5-16/h6,8,12-13,16,18H,1-5,7,9-11,14H2/b20-13+. The van der Waals surface area contributed by atoms with Crippen molar-refractivity contribution in [2.45, 2.75) is 44.7 Å². The van der Waals surface area contributed by atoms with E-state index in [1.807, 2.05) is 18.5 Å². The second kappa shape index (κ2) is 7.66. The van der Waals surface area contributed by atoms with Gasteiger partial charge in [-0.15, -0.1) is 0 Å². The molecule has 4 nitrogen and oxygen atoms in total. The van der Waals surface area contributed by atoms with E-state index in [-0.39, 0.29) is 0 Å². The van der Waals surface area contributed by atoms with Crippen molar-refractivity contribution in [1.82, 2.24) is 15.2 Å². The number of hydrogen-bond acceptors (Lipinski definition) is 4. The van der Waals surface area contributed by atoms with E-state index in [4.69, 9.17) is 0 Å². The summed E-state index contributed by atoms with van der Waals surface area (Å²) >= 11 is 0. The number of pyridine rings is 1. The number of nitrogens with zero attached hydrogens (tertiary/aromatic N) is 3. The highest BCUT2D eigenvalue weighted by Gasteiger charge is 2.18. The lowest BCUT2D eigenvalue weighted by atomic mass is 10.2. The molecule has 3 rings (SSSR count). The van der Waals surface area contributed by atoms with Gasteiger partial charge in [-0.3, -0.25) is 9.98 Å². The molecule has 0 amide bonds. The fourth-order valence-electron chi connectivity index (χ4n) is 2.50. The lowest BCUT2D eigenvalue weighted by Crippen LogP contribution is -2.37. The normalized spacial score (nSPS) is 19.0. The minimum Gasteiger partial charge on any atom is -0.311 e. The average molecular weight is 286 g/mol. The summed E-state index contributed by atoms with van der Waals surface area (Å²) in [5.41, 5.74) is 2.28. The van der Waals surface area contributed by atoms with E-state index in [0.717, 1.165) is 18.8 Å². The van der Waals surface area contributed by atoms with Crippen LogP contribution in [-0.2, 0) is 6.54 Å². The highest BCUT2D eigenvalue weighted by Crippen LogP contribution is 2.23. The van der Waals surface area contributed by atoms with Crippen molar-refractivity contribution in [2.75, 3.05) is 26.2 Å². The van der Waals surface area contributed by atoms with Gasteiger partial charge in [-0.2, -0.15) is 0 Å². The highest BCUT2D eigenvalue weighted by molar-refractivity contribution is 5.79. The van der Waals surface area contributed by atoms with Gasteiger partial charge < -0.3 is 10.2 Å². The van der Waals surface area contributed by atoms with E-state index in [1.54, 1.807) is 0 Å². The smallest absolute Gasteiger partial charge is 0.0548 e. The Morgan fingerprint density at radius 1 is 1.33 bits per heavy atom. The first-order valence-electron chi connectivity index (χ1n) is 8.31. The third-order valence-electron chi connectivity index (χ3n) is 4.15. The molecule has 0 atom stereocenters. The molecule has 1 saturated carbocycles. The summed E-state index contributed by atoms with van der Waals surface area (Å²) in [5, 5.41) is 3.49. The molecule has 1 N–H and O–H groups in total. The van der Waals surface area contributed by atoms with Crippen LogP contribution in [0, 0.1) is 0 Å². The molecule has 0 unspecified atom stereocenters. The molecule has 1 aromatic heterocycles. The molecule has 0 radical (unpaired) electrons. The Labute approximate surface area is 127 Å². The van der Waals surface area contributed by atoms with Crippen molar-refractivity contribution in [3.63, 3.8) is 0 Å². The zero-order chi connectivity index (χ0) is 14.3. The molecule has 0 bridgehead atoms. The van der Waals surface area contributed by atoms with E-state index < -0.39 is 0 Å². The predicted octanol–water partition coefficient (Wildman–Crippen LogP) is 2.24. The highest BCUT2D eigenvalue weighted by atomic mass is 15.2. The van der Waals surface area contributed by atoms with Crippen LogP contribution in [0.15, 0.2) is 23.3 Å². The molecule has 0 aromatic carbocycles. The maximum Gasteiger partial charge on any atom is 0.0548 e. The number of unbranched alkanes of at least 4 members (excludes halogenated alkanes) is 1. The van der Waals surface area contributed by atoms with Crippen molar-refractivity contribution >= 4 is 6.21 Å². The number of nitrogens with one attached hydrogen (secondary N) is 1. The van der Waals surface area contributed by atoms with Gasteiger partial charge in [-0.05, 0) is 76.0 Å². The number of aromatic nitrogens is 1. The Hall–Kier alpha value is -1.26. The van der Waals surface area contributed by atoms with Gasteiger partial charge in [0.2, 0.25) is 0 Å². The third kappa shape index (κ3) is 5.21. The Bertz CT molecular complexity index is 464. The quantitative estimate of drug-likeness (QED) is 0.559. The van der Waals surface area contributed by atoms with Gasteiger partial charge in [-0.1, -0.05) is 0 Å².